The first-order valence-corrected chi connectivity index (χ1v) is 3.72. The molecule has 0 unspecified atom stereocenters. The van der Waals surface area contributed by atoms with Crippen molar-refractivity contribution in [2.24, 2.45) is 5.10 Å². The van der Waals surface area contributed by atoms with Crippen LogP contribution in [0, 0.1) is 0 Å². The fourth-order valence-corrected chi connectivity index (χ4v) is 0.632. The van der Waals surface area contributed by atoms with Crippen molar-refractivity contribution in [2.75, 3.05) is 6.61 Å². The second-order valence-electron chi connectivity index (χ2n) is 2.72. The van der Waals surface area contributed by atoms with Crippen molar-refractivity contribution in [3.63, 3.8) is 0 Å². The number of rotatable bonds is 4. The monoisotopic (exact) mass is 142 g/mol. The minimum atomic E-state index is 0.196. The van der Waals surface area contributed by atoms with Gasteiger partial charge in [-0.05, 0) is 19.8 Å². The number of aliphatic hydroxyl groups excluding tert-OH is 1. The molecule has 1 fully saturated rings. The van der Waals surface area contributed by atoms with E-state index in [1.165, 1.54) is 12.8 Å². The maximum atomic E-state index is 8.51. The van der Waals surface area contributed by atoms with Gasteiger partial charge in [-0.25, -0.2) is 0 Å². The van der Waals surface area contributed by atoms with Gasteiger partial charge in [0, 0.05) is 24.8 Å². The first-order valence-electron chi connectivity index (χ1n) is 3.72. The third-order valence-electron chi connectivity index (χ3n) is 1.49. The largest absolute Gasteiger partial charge is 0.396 e. The van der Waals surface area contributed by atoms with E-state index in [4.69, 9.17) is 5.11 Å². The summed E-state index contributed by atoms with van der Waals surface area (Å²) in [6.07, 6.45) is 3.17. The molecule has 0 radical (unpaired) electrons. The molecule has 1 rings (SSSR count). The Balaban J connectivity index is 2.09. The summed E-state index contributed by atoms with van der Waals surface area (Å²) < 4.78 is 0. The molecular formula is C7H14N2O. The number of hydrogen-bond acceptors (Lipinski definition) is 3. The minimum Gasteiger partial charge on any atom is -0.396 e. The molecule has 0 aromatic carbocycles. The molecule has 0 heterocycles. The predicted molar refractivity (Wildman–Crippen MR) is 41.0 cm³/mol. The van der Waals surface area contributed by atoms with E-state index in [0.29, 0.717) is 12.5 Å². The Morgan fingerprint density at radius 1 is 1.70 bits per heavy atom. The zero-order chi connectivity index (χ0) is 7.40. The van der Waals surface area contributed by atoms with Crippen LogP contribution >= 0.6 is 0 Å². The van der Waals surface area contributed by atoms with Gasteiger partial charge in [0.15, 0.2) is 0 Å². The molecule has 3 nitrogen and oxygen atoms in total. The Morgan fingerprint density at radius 3 is 2.90 bits per heavy atom. The highest BCUT2D eigenvalue weighted by Gasteiger charge is 2.19. The molecule has 0 spiro atoms. The first-order chi connectivity index (χ1) is 4.83. The first kappa shape index (κ1) is 7.54. The van der Waals surface area contributed by atoms with Crippen LogP contribution in [0.15, 0.2) is 5.10 Å². The fraction of sp³-hybridized carbons (Fsp3) is 0.857. The van der Waals surface area contributed by atoms with E-state index in [1.807, 2.05) is 6.92 Å². The third-order valence-corrected chi connectivity index (χ3v) is 1.49. The Hall–Kier alpha value is -0.570. The van der Waals surface area contributed by atoms with E-state index >= 15 is 0 Å². The van der Waals surface area contributed by atoms with Crippen LogP contribution in [0.4, 0.5) is 0 Å². The quantitative estimate of drug-likeness (QED) is 0.443. The third kappa shape index (κ3) is 2.82. The number of hydrazone groups is 1. The standard InChI is InChI=1S/C7H14N2O/c1-6(4-5-10)8-9-7-2-3-7/h7,9-10H,2-5H2,1H3/b8-6+. The molecule has 10 heavy (non-hydrogen) atoms. The van der Waals surface area contributed by atoms with Gasteiger partial charge in [0.1, 0.15) is 0 Å². The van der Waals surface area contributed by atoms with Crippen molar-refractivity contribution in [3.8, 4) is 0 Å². The van der Waals surface area contributed by atoms with Gasteiger partial charge in [0.2, 0.25) is 0 Å². The van der Waals surface area contributed by atoms with Crippen molar-refractivity contribution in [2.45, 2.75) is 32.2 Å². The Morgan fingerprint density at radius 2 is 2.40 bits per heavy atom. The number of nitrogens with one attached hydrogen (secondary N) is 1. The van der Waals surface area contributed by atoms with Gasteiger partial charge in [0.25, 0.3) is 0 Å². The van der Waals surface area contributed by atoms with E-state index in [0.717, 1.165) is 5.71 Å². The SMILES string of the molecule is C/C(CCO)=N\NC1CC1. The molecule has 1 aliphatic rings. The molecule has 1 saturated carbocycles. The molecule has 2 N–H and O–H groups in total. The molecule has 0 amide bonds. The molecule has 0 aromatic rings. The molecule has 0 saturated heterocycles. The summed E-state index contributed by atoms with van der Waals surface area (Å²) in [6, 6.07) is 0.619. The van der Waals surface area contributed by atoms with Crippen LogP contribution in [0.2, 0.25) is 0 Å². The van der Waals surface area contributed by atoms with Crippen LogP contribution in [0.25, 0.3) is 0 Å². The summed E-state index contributed by atoms with van der Waals surface area (Å²) in [7, 11) is 0. The number of hydrogen-bond donors (Lipinski definition) is 2. The molecule has 0 aromatic heterocycles. The topological polar surface area (TPSA) is 44.6 Å². The average Bonchev–Trinajstić information content (AvgIpc) is 2.67. The minimum absolute atomic E-state index is 0.196. The van der Waals surface area contributed by atoms with Gasteiger partial charge in [0.05, 0.1) is 0 Å². The number of aliphatic hydroxyl groups is 1. The molecule has 0 bridgehead atoms. The summed E-state index contributed by atoms with van der Waals surface area (Å²) in [5.74, 6) is 0. The smallest absolute Gasteiger partial charge is 0.0483 e. The summed E-state index contributed by atoms with van der Waals surface area (Å²) in [4.78, 5) is 0. The van der Waals surface area contributed by atoms with E-state index in [-0.39, 0.29) is 6.61 Å². The van der Waals surface area contributed by atoms with E-state index < -0.39 is 0 Å². The average molecular weight is 142 g/mol. The van der Waals surface area contributed by atoms with Crippen molar-refractivity contribution in [3.05, 3.63) is 0 Å². The second kappa shape index (κ2) is 3.56. The van der Waals surface area contributed by atoms with Crippen LogP contribution in [0.1, 0.15) is 26.2 Å². The lowest BCUT2D eigenvalue weighted by atomic mass is 10.3. The zero-order valence-corrected chi connectivity index (χ0v) is 6.30. The van der Waals surface area contributed by atoms with Gasteiger partial charge >= 0.3 is 0 Å². The van der Waals surface area contributed by atoms with Crippen molar-refractivity contribution >= 4 is 5.71 Å². The van der Waals surface area contributed by atoms with Crippen LogP contribution < -0.4 is 5.43 Å². The lowest BCUT2D eigenvalue weighted by molar-refractivity contribution is 0.306. The second-order valence-corrected chi connectivity index (χ2v) is 2.72. The Kier molecular flexibility index (Phi) is 2.68. The maximum Gasteiger partial charge on any atom is 0.0483 e. The van der Waals surface area contributed by atoms with Crippen LogP contribution in [0.5, 0.6) is 0 Å². The zero-order valence-electron chi connectivity index (χ0n) is 6.30. The van der Waals surface area contributed by atoms with Crippen molar-refractivity contribution in [1.82, 2.24) is 5.43 Å². The summed E-state index contributed by atoms with van der Waals surface area (Å²) in [5, 5.41) is 12.6. The molecule has 0 aliphatic heterocycles. The number of nitrogens with zero attached hydrogens (tertiary/aromatic N) is 1. The van der Waals surface area contributed by atoms with E-state index in [1.54, 1.807) is 0 Å². The summed E-state index contributed by atoms with van der Waals surface area (Å²) >= 11 is 0. The van der Waals surface area contributed by atoms with E-state index in [9.17, 15) is 0 Å². The predicted octanol–water partition coefficient (Wildman–Crippen LogP) is 0.497. The molecular weight excluding hydrogens is 128 g/mol. The molecule has 0 atom stereocenters. The summed E-state index contributed by atoms with van der Waals surface area (Å²) in [6.45, 7) is 2.12. The highest BCUT2D eigenvalue weighted by Crippen LogP contribution is 2.18. The maximum absolute atomic E-state index is 8.51. The highest BCUT2D eigenvalue weighted by molar-refractivity contribution is 5.81. The lowest BCUT2D eigenvalue weighted by Gasteiger charge is -1.97. The van der Waals surface area contributed by atoms with Crippen LogP contribution in [0.3, 0.4) is 0 Å². The summed E-state index contributed by atoms with van der Waals surface area (Å²) in [5.41, 5.74) is 4.00. The van der Waals surface area contributed by atoms with Gasteiger partial charge in [-0.2, -0.15) is 5.10 Å². The Labute approximate surface area is 61.1 Å². The lowest BCUT2D eigenvalue weighted by Crippen LogP contribution is -2.11. The van der Waals surface area contributed by atoms with Crippen molar-refractivity contribution in [1.29, 1.82) is 0 Å². The van der Waals surface area contributed by atoms with Crippen LogP contribution in [-0.2, 0) is 0 Å². The van der Waals surface area contributed by atoms with Crippen LogP contribution in [-0.4, -0.2) is 23.5 Å². The van der Waals surface area contributed by atoms with E-state index in [2.05, 4.69) is 10.5 Å². The van der Waals surface area contributed by atoms with Gasteiger partial charge < -0.3 is 10.5 Å². The molecule has 3 heteroatoms. The van der Waals surface area contributed by atoms with Gasteiger partial charge in [-0.15, -0.1) is 0 Å². The Bertz CT molecular complexity index is 130. The fourth-order valence-electron chi connectivity index (χ4n) is 0.632. The van der Waals surface area contributed by atoms with Gasteiger partial charge in [-0.1, -0.05) is 0 Å². The highest BCUT2D eigenvalue weighted by atomic mass is 16.3. The normalized spacial score (nSPS) is 19.2. The van der Waals surface area contributed by atoms with Crippen molar-refractivity contribution < 1.29 is 5.11 Å². The van der Waals surface area contributed by atoms with Gasteiger partial charge in [-0.3, -0.25) is 0 Å². The molecule has 1 aliphatic carbocycles. The molecule has 58 valence electrons.